The Kier molecular flexibility index (Phi) is 8.56. The van der Waals surface area contributed by atoms with Crippen LogP contribution in [0.15, 0.2) is 218 Å². The average molecular weight is 794 g/mol. The predicted octanol–water partition coefficient (Wildman–Crippen LogP) is 14.2. The van der Waals surface area contributed by atoms with Gasteiger partial charge in [0.2, 0.25) is 5.95 Å². The first-order chi connectivity index (χ1) is 30.7. The van der Waals surface area contributed by atoms with Gasteiger partial charge in [-0.2, -0.15) is 9.97 Å². The van der Waals surface area contributed by atoms with Crippen molar-refractivity contribution in [2.75, 3.05) is 0 Å². The lowest BCUT2D eigenvalue weighted by molar-refractivity contribution is 0.752. The molecule has 1 aliphatic carbocycles. The summed E-state index contributed by atoms with van der Waals surface area (Å²) in [5.74, 6) is 1.91. The molecule has 1 unspecified atom stereocenters. The van der Waals surface area contributed by atoms with Crippen molar-refractivity contribution in [1.29, 1.82) is 0 Å². The smallest absolute Gasteiger partial charge is 0.238 e. The summed E-state index contributed by atoms with van der Waals surface area (Å²) in [5.41, 5.74) is 13.3. The van der Waals surface area contributed by atoms with Crippen LogP contribution in [0, 0.1) is 0 Å². The second kappa shape index (κ2) is 14.8. The van der Waals surface area contributed by atoms with Crippen LogP contribution in [0.4, 0.5) is 0 Å². The molecule has 0 bridgehead atoms. The molecule has 5 heteroatoms. The quantitative estimate of drug-likeness (QED) is 0.161. The van der Waals surface area contributed by atoms with Gasteiger partial charge in [-0.3, -0.25) is 4.57 Å². The summed E-state index contributed by atoms with van der Waals surface area (Å²) in [6.07, 6.45) is 7.57. The zero-order chi connectivity index (χ0) is 41.0. The number of aromatic nitrogens is 5. The largest absolute Gasteiger partial charge is 0.307 e. The molecule has 0 amide bonds. The van der Waals surface area contributed by atoms with Crippen LogP contribution < -0.4 is 0 Å². The Hall–Kier alpha value is -8.15. The van der Waals surface area contributed by atoms with E-state index in [2.05, 4.69) is 228 Å². The molecule has 11 aromatic rings. The molecule has 0 saturated heterocycles. The third-order valence-corrected chi connectivity index (χ3v) is 12.3. The molecular formula is C57H39N5. The molecule has 0 aliphatic heterocycles. The molecule has 3 heterocycles. The Morgan fingerprint density at radius 1 is 0.403 bits per heavy atom. The second-order valence-electron chi connectivity index (χ2n) is 16.0. The number of para-hydroxylation sites is 2. The van der Waals surface area contributed by atoms with Gasteiger partial charge in [-0.15, -0.1) is 0 Å². The van der Waals surface area contributed by atoms with Crippen molar-refractivity contribution in [1.82, 2.24) is 24.1 Å². The Bertz CT molecular complexity index is 3540. The van der Waals surface area contributed by atoms with Crippen molar-refractivity contribution < 1.29 is 0 Å². The van der Waals surface area contributed by atoms with E-state index in [0.717, 1.165) is 78.6 Å². The first-order valence-corrected chi connectivity index (χ1v) is 21.2. The lowest BCUT2D eigenvalue weighted by Crippen LogP contribution is -2.12. The highest BCUT2D eigenvalue weighted by molar-refractivity contribution is 6.23. The fourth-order valence-corrected chi connectivity index (χ4v) is 9.36. The van der Waals surface area contributed by atoms with Crippen LogP contribution in [0.3, 0.4) is 0 Å². The molecule has 0 saturated carbocycles. The maximum atomic E-state index is 5.50. The molecule has 292 valence electrons. The van der Waals surface area contributed by atoms with Crippen molar-refractivity contribution in [2.24, 2.45) is 0 Å². The Morgan fingerprint density at radius 2 is 0.935 bits per heavy atom. The van der Waals surface area contributed by atoms with Crippen LogP contribution in [0.25, 0.3) is 94.5 Å². The fraction of sp³-hybridized carbons (Fsp3) is 0.0351. The van der Waals surface area contributed by atoms with Crippen LogP contribution >= 0.6 is 0 Å². The number of hydrogen-bond acceptors (Lipinski definition) is 3. The maximum Gasteiger partial charge on any atom is 0.238 e. The van der Waals surface area contributed by atoms with Gasteiger partial charge in [0, 0.05) is 38.7 Å². The first kappa shape index (κ1) is 35.8. The summed E-state index contributed by atoms with van der Waals surface area (Å²) in [5, 5.41) is 4.63. The van der Waals surface area contributed by atoms with Gasteiger partial charge in [0.25, 0.3) is 0 Å². The molecule has 1 atom stereocenters. The minimum atomic E-state index is -0.0618. The monoisotopic (exact) mass is 793 g/mol. The van der Waals surface area contributed by atoms with Crippen LogP contribution in [0.2, 0.25) is 0 Å². The summed E-state index contributed by atoms with van der Waals surface area (Å²) < 4.78 is 4.72. The van der Waals surface area contributed by atoms with Crippen molar-refractivity contribution >= 4 is 49.2 Å². The zero-order valence-electron chi connectivity index (χ0n) is 33.8. The summed E-state index contributed by atoms with van der Waals surface area (Å²) in [7, 11) is 0. The highest BCUT2D eigenvalue weighted by atomic mass is 15.2. The topological polar surface area (TPSA) is 48.5 Å². The SMILES string of the molecule is C1=CC(c2ccccc2)=CC(c2nc(-c3cccc(-c4ccccc4)c3)nc(-n3c4ccccc4c4ccc5c6ccccc6n(-c6cccc(-c7ccccc7)c6)c5c43)n2)C1. The maximum absolute atomic E-state index is 5.50. The summed E-state index contributed by atoms with van der Waals surface area (Å²) in [4.78, 5) is 16.3. The molecule has 0 radical (unpaired) electrons. The number of hydrogen-bond donors (Lipinski definition) is 0. The Balaban J connectivity index is 1.16. The van der Waals surface area contributed by atoms with Crippen LogP contribution in [0.5, 0.6) is 0 Å². The van der Waals surface area contributed by atoms with Crippen LogP contribution in [-0.4, -0.2) is 24.1 Å². The third kappa shape index (κ3) is 6.05. The molecule has 1 aliphatic rings. The van der Waals surface area contributed by atoms with Crippen LogP contribution in [-0.2, 0) is 0 Å². The van der Waals surface area contributed by atoms with E-state index in [1.165, 1.54) is 21.9 Å². The summed E-state index contributed by atoms with van der Waals surface area (Å²) in [6, 6.07) is 71.1. The summed E-state index contributed by atoms with van der Waals surface area (Å²) >= 11 is 0. The van der Waals surface area contributed by atoms with E-state index in [-0.39, 0.29) is 5.92 Å². The highest BCUT2D eigenvalue weighted by Crippen LogP contribution is 2.42. The van der Waals surface area contributed by atoms with E-state index in [1.54, 1.807) is 0 Å². The van der Waals surface area contributed by atoms with Gasteiger partial charge >= 0.3 is 0 Å². The molecular weight excluding hydrogens is 755 g/mol. The van der Waals surface area contributed by atoms with E-state index in [0.29, 0.717) is 11.8 Å². The van der Waals surface area contributed by atoms with Gasteiger partial charge in [0.05, 0.1) is 22.1 Å². The Labute approximate surface area is 359 Å². The minimum absolute atomic E-state index is 0.0618. The van der Waals surface area contributed by atoms with E-state index in [9.17, 15) is 0 Å². The standard InChI is InChI=1S/C57H39N5/c1-4-17-38(18-5-1)41-23-14-26-44(35-41)55-58-56(45-27-15-24-42(36-45)39-19-6-2-7-20-39)60-57(59-55)62-52-32-13-11-30-48(52)50-34-33-49-47-29-10-12-31-51(47)61(53(49)54(50)62)46-28-16-25-43(37-46)40-21-8-3-9-22-40/h1-26,28-37,45H,27H2. The Morgan fingerprint density at radius 3 is 1.61 bits per heavy atom. The van der Waals surface area contributed by atoms with Crippen LogP contribution in [0.1, 0.15) is 23.7 Å². The lowest BCUT2D eigenvalue weighted by atomic mass is 9.92. The lowest BCUT2D eigenvalue weighted by Gasteiger charge is -2.18. The summed E-state index contributed by atoms with van der Waals surface area (Å²) in [6.45, 7) is 0. The van der Waals surface area contributed by atoms with Gasteiger partial charge in [-0.05, 0) is 70.1 Å². The normalized spacial score (nSPS) is 13.9. The first-order valence-electron chi connectivity index (χ1n) is 21.2. The van der Waals surface area contributed by atoms with E-state index >= 15 is 0 Å². The molecule has 3 aromatic heterocycles. The number of rotatable bonds is 7. The third-order valence-electron chi connectivity index (χ3n) is 12.3. The van der Waals surface area contributed by atoms with Gasteiger partial charge in [0.15, 0.2) is 5.82 Å². The van der Waals surface area contributed by atoms with Gasteiger partial charge < -0.3 is 4.57 Å². The van der Waals surface area contributed by atoms with E-state index in [4.69, 9.17) is 15.0 Å². The van der Waals surface area contributed by atoms with Crippen molar-refractivity contribution in [3.05, 3.63) is 230 Å². The number of benzene rings is 8. The van der Waals surface area contributed by atoms with Crippen molar-refractivity contribution in [3.8, 4) is 45.3 Å². The minimum Gasteiger partial charge on any atom is -0.307 e. The fourth-order valence-electron chi connectivity index (χ4n) is 9.36. The van der Waals surface area contributed by atoms with Gasteiger partial charge in [-0.1, -0.05) is 188 Å². The number of allylic oxidation sites excluding steroid dienone is 4. The second-order valence-corrected chi connectivity index (χ2v) is 16.0. The van der Waals surface area contributed by atoms with Gasteiger partial charge in [0.1, 0.15) is 5.82 Å². The molecule has 5 nitrogen and oxygen atoms in total. The van der Waals surface area contributed by atoms with E-state index in [1.807, 2.05) is 0 Å². The predicted molar refractivity (Wildman–Crippen MR) is 256 cm³/mol. The van der Waals surface area contributed by atoms with Gasteiger partial charge in [-0.25, -0.2) is 4.98 Å². The van der Waals surface area contributed by atoms with Crippen molar-refractivity contribution in [2.45, 2.75) is 12.3 Å². The van der Waals surface area contributed by atoms with E-state index < -0.39 is 0 Å². The average Bonchev–Trinajstić information content (AvgIpc) is 3.88. The molecule has 0 fully saturated rings. The molecule has 62 heavy (non-hydrogen) atoms. The van der Waals surface area contributed by atoms with Crippen molar-refractivity contribution in [3.63, 3.8) is 0 Å². The highest BCUT2D eigenvalue weighted by Gasteiger charge is 2.25. The number of nitrogens with zero attached hydrogens (tertiary/aromatic N) is 5. The molecule has 0 spiro atoms. The molecule has 0 N–H and O–H groups in total. The molecule has 12 rings (SSSR count). The zero-order valence-corrected chi connectivity index (χ0v) is 33.8. The molecule has 8 aromatic carbocycles. The number of fused-ring (bicyclic) bond motifs is 7.